The molecule has 0 bridgehead atoms. The normalized spacial score (nSPS) is 26.4. The molecule has 3 N–H and O–H groups in total. The Labute approximate surface area is 182 Å². The fraction of sp³-hybridized carbons (Fsp3) is 0.538. The lowest BCUT2D eigenvalue weighted by Gasteiger charge is -2.47. The van der Waals surface area contributed by atoms with Gasteiger partial charge in [-0.05, 0) is 42.5 Å². The Morgan fingerprint density at radius 3 is 2.43 bits per heavy atom. The van der Waals surface area contributed by atoms with E-state index in [1.165, 1.54) is 36.9 Å². The van der Waals surface area contributed by atoms with E-state index in [1.807, 2.05) is 6.07 Å². The maximum absolute atomic E-state index is 5.46. The molecular formula is C26H40N2O2+2. The van der Waals surface area contributed by atoms with E-state index in [2.05, 4.69) is 68.7 Å². The molecule has 4 heteroatoms. The van der Waals surface area contributed by atoms with Gasteiger partial charge in [0.15, 0.2) is 11.5 Å². The molecule has 2 aromatic carbocycles. The quantitative estimate of drug-likeness (QED) is 0.621. The zero-order chi connectivity index (χ0) is 21.6. The third-order valence-electron chi connectivity index (χ3n) is 7.30. The molecular weight excluding hydrogens is 372 g/mol. The molecule has 2 aromatic rings. The van der Waals surface area contributed by atoms with E-state index in [0.29, 0.717) is 5.41 Å². The van der Waals surface area contributed by atoms with E-state index in [-0.39, 0.29) is 0 Å². The van der Waals surface area contributed by atoms with Crippen molar-refractivity contribution in [3.63, 3.8) is 0 Å². The number of benzene rings is 2. The Kier molecular flexibility index (Phi) is 7.79. The van der Waals surface area contributed by atoms with Crippen molar-refractivity contribution in [2.24, 2.45) is 11.3 Å². The minimum absolute atomic E-state index is 0.383. The van der Waals surface area contributed by atoms with E-state index in [0.717, 1.165) is 36.5 Å². The van der Waals surface area contributed by atoms with Gasteiger partial charge in [0.1, 0.15) is 6.54 Å². The van der Waals surface area contributed by atoms with E-state index >= 15 is 0 Å². The summed E-state index contributed by atoms with van der Waals surface area (Å²) in [7, 11) is 5.74. The van der Waals surface area contributed by atoms with E-state index in [1.54, 1.807) is 19.1 Å². The smallest absolute Gasteiger partial charge is 0.161 e. The van der Waals surface area contributed by atoms with Gasteiger partial charge in [-0.3, -0.25) is 0 Å². The molecule has 164 valence electrons. The van der Waals surface area contributed by atoms with Crippen molar-refractivity contribution >= 4 is 0 Å². The van der Waals surface area contributed by atoms with Crippen molar-refractivity contribution in [3.05, 3.63) is 59.7 Å². The van der Waals surface area contributed by atoms with Crippen LogP contribution in [0.15, 0.2) is 48.5 Å². The molecule has 1 aliphatic heterocycles. The summed E-state index contributed by atoms with van der Waals surface area (Å²) in [6.45, 7) is 8.29. The van der Waals surface area contributed by atoms with Crippen molar-refractivity contribution in [1.82, 2.24) is 0 Å². The SMILES string of the molecule is COc1ccc(C[NH2+]CC[C@@]2(Cc3ccccc3)C[C@H](C)[NH+](C)C[C@H]2C)cc1OC. The number of piperidine rings is 1. The summed E-state index contributed by atoms with van der Waals surface area (Å²) in [5.41, 5.74) is 3.14. The second-order valence-corrected chi connectivity index (χ2v) is 9.30. The number of quaternary nitrogens is 2. The molecule has 0 aromatic heterocycles. The Morgan fingerprint density at radius 2 is 1.73 bits per heavy atom. The lowest BCUT2D eigenvalue weighted by atomic mass is 9.63. The molecule has 0 amide bonds. The molecule has 0 spiro atoms. The predicted octanol–water partition coefficient (Wildman–Crippen LogP) is 2.33. The third kappa shape index (κ3) is 5.35. The first-order valence-corrected chi connectivity index (χ1v) is 11.4. The molecule has 0 saturated carbocycles. The van der Waals surface area contributed by atoms with Crippen LogP contribution in [0.5, 0.6) is 11.5 Å². The van der Waals surface area contributed by atoms with Crippen LogP contribution in [0, 0.1) is 11.3 Å². The molecule has 3 rings (SSSR count). The Bertz CT molecular complexity index is 795. The molecule has 0 radical (unpaired) electrons. The van der Waals surface area contributed by atoms with Gasteiger partial charge in [-0.25, -0.2) is 0 Å². The molecule has 4 nitrogen and oxygen atoms in total. The molecule has 1 aliphatic rings. The first-order chi connectivity index (χ1) is 14.5. The van der Waals surface area contributed by atoms with Crippen LogP contribution >= 0.6 is 0 Å². The number of hydrogen-bond donors (Lipinski definition) is 2. The fourth-order valence-electron chi connectivity index (χ4n) is 5.24. The van der Waals surface area contributed by atoms with Crippen molar-refractivity contribution < 1.29 is 19.7 Å². The number of ether oxygens (including phenoxy) is 2. The second kappa shape index (κ2) is 10.3. The molecule has 0 aliphatic carbocycles. The molecule has 1 fully saturated rings. The maximum atomic E-state index is 5.46. The van der Waals surface area contributed by atoms with Gasteiger partial charge in [-0.1, -0.05) is 37.3 Å². The number of hydrogen-bond acceptors (Lipinski definition) is 2. The highest BCUT2D eigenvalue weighted by Crippen LogP contribution is 2.40. The number of likely N-dealkylation sites (tertiary alicyclic amines) is 1. The van der Waals surface area contributed by atoms with E-state index < -0.39 is 0 Å². The summed E-state index contributed by atoms with van der Waals surface area (Å²) in [5, 5.41) is 2.45. The molecule has 1 saturated heterocycles. The largest absolute Gasteiger partial charge is 0.493 e. The number of methoxy groups -OCH3 is 2. The van der Waals surface area contributed by atoms with Crippen LogP contribution in [0.2, 0.25) is 0 Å². The van der Waals surface area contributed by atoms with Gasteiger partial charge in [0.2, 0.25) is 0 Å². The van der Waals surface area contributed by atoms with Crippen molar-refractivity contribution in [2.45, 2.75) is 45.7 Å². The topological polar surface area (TPSA) is 39.5 Å². The first-order valence-electron chi connectivity index (χ1n) is 11.4. The predicted molar refractivity (Wildman–Crippen MR) is 122 cm³/mol. The van der Waals surface area contributed by atoms with Crippen molar-refractivity contribution in [3.8, 4) is 11.5 Å². The van der Waals surface area contributed by atoms with E-state index in [4.69, 9.17) is 9.47 Å². The van der Waals surface area contributed by atoms with Gasteiger partial charge in [0.25, 0.3) is 0 Å². The monoisotopic (exact) mass is 412 g/mol. The van der Waals surface area contributed by atoms with Gasteiger partial charge in [0, 0.05) is 24.3 Å². The number of nitrogens with one attached hydrogen (secondary N) is 1. The van der Waals surface area contributed by atoms with Crippen LogP contribution in [0.25, 0.3) is 0 Å². The minimum atomic E-state index is 0.383. The first kappa shape index (κ1) is 22.6. The maximum Gasteiger partial charge on any atom is 0.161 e. The average molecular weight is 413 g/mol. The molecule has 1 unspecified atom stereocenters. The van der Waals surface area contributed by atoms with Crippen molar-refractivity contribution in [1.29, 1.82) is 0 Å². The third-order valence-corrected chi connectivity index (χ3v) is 7.30. The fourth-order valence-corrected chi connectivity index (χ4v) is 5.24. The lowest BCUT2D eigenvalue weighted by molar-refractivity contribution is -0.916. The molecule has 1 heterocycles. The number of rotatable bonds is 9. The minimum Gasteiger partial charge on any atom is -0.493 e. The van der Waals surface area contributed by atoms with Crippen LogP contribution in [0.1, 0.15) is 37.8 Å². The van der Waals surface area contributed by atoms with Crippen LogP contribution in [0.3, 0.4) is 0 Å². The van der Waals surface area contributed by atoms with Crippen molar-refractivity contribution in [2.75, 3.05) is 34.4 Å². The van der Waals surface area contributed by atoms with Crippen LogP contribution in [0.4, 0.5) is 0 Å². The van der Waals surface area contributed by atoms with Gasteiger partial charge in [-0.2, -0.15) is 0 Å². The van der Waals surface area contributed by atoms with Crippen LogP contribution in [-0.4, -0.2) is 40.4 Å². The average Bonchev–Trinajstić information content (AvgIpc) is 2.76. The molecule has 30 heavy (non-hydrogen) atoms. The standard InChI is InChI=1S/C26H38N2O2/c1-20-19-28(3)21(2)16-26(20,17-22-9-7-6-8-10-22)13-14-27-18-23-11-12-24(29-4)25(15-23)30-5/h6-12,15,20-21,27H,13-14,16-19H2,1-5H3/p+2/t20-,21+,26+/m1/s1. The molecule has 4 atom stereocenters. The summed E-state index contributed by atoms with van der Waals surface area (Å²) in [6.07, 6.45) is 3.75. The van der Waals surface area contributed by atoms with Crippen LogP contribution < -0.4 is 19.7 Å². The zero-order valence-corrected chi connectivity index (χ0v) is 19.4. The Morgan fingerprint density at radius 1 is 1.00 bits per heavy atom. The lowest BCUT2D eigenvalue weighted by Crippen LogP contribution is -3.15. The van der Waals surface area contributed by atoms with Crippen LogP contribution in [-0.2, 0) is 13.0 Å². The summed E-state index contributed by atoms with van der Waals surface area (Å²) in [6, 6.07) is 18.0. The van der Waals surface area contributed by atoms with Gasteiger partial charge in [-0.15, -0.1) is 0 Å². The van der Waals surface area contributed by atoms with Gasteiger partial charge < -0.3 is 19.7 Å². The zero-order valence-electron chi connectivity index (χ0n) is 19.4. The highest BCUT2D eigenvalue weighted by Gasteiger charge is 2.44. The summed E-state index contributed by atoms with van der Waals surface area (Å²) >= 11 is 0. The summed E-state index contributed by atoms with van der Waals surface area (Å²) in [5.74, 6) is 2.33. The second-order valence-electron chi connectivity index (χ2n) is 9.30. The van der Waals surface area contributed by atoms with E-state index in [9.17, 15) is 0 Å². The van der Waals surface area contributed by atoms with Gasteiger partial charge in [0.05, 0.1) is 40.4 Å². The summed E-state index contributed by atoms with van der Waals surface area (Å²) < 4.78 is 10.8. The van der Waals surface area contributed by atoms with Gasteiger partial charge >= 0.3 is 0 Å². The highest BCUT2D eigenvalue weighted by molar-refractivity contribution is 5.42. The summed E-state index contributed by atoms with van der Waals surface area (Å²) in [4.78, 5) is 1.68. The Hall–Kier alpha value is -2.04. The Balaban J connectivity index is 1.65. The number of nitrogens with two attached hydrogens (primary N) is 1. The highest BCUT2D eigenvalue weighted by atomic mass is 16.5.